The van der Waals surface area contributed by atoms with Crippen molar-refractivity contribution < 1.29 is 0 Å². The first kappa shape index (κ1) is 14.3. The summed E-state index contributed by atoms with van der Waals surface area (Å²) in [5, 5.41) is 0. The van der Waals surface area contributed by atoms with Crippen LogP contribution in [0.15, 0.2) is 0 Å². The topological polar surface area (TPSA) is 29.3 Å². The molecule has 2 nitrogen and oxygen atoms in total. The number of likely N-dealkylation sites (N-methyl/N-ethyl adjacent to an activating group) is 1. The van der Waals surface area contributed by atoms with E-state index in [2.05, 4.69) is 25.8 Å². The SMILES string of the molecule is CCCC(CC)(CN)N(C)CC1CC2CCC1C2. The Morgan fingerprint density at radius 1 is 1.22 bits per heavy atom. The standard InChI is InChI=1S/C16H32N2/c1-4-8-16(5-2,12-17)18(3)11-15-10-13-6-7-14(15)9-13/h13-15H,4-12,17H2,1-3H3. The number of nitrogens with two attached hydrogens (primary N) is 1. The van der Waals surface area contributed by atoms with E-state index in [1.54, 1.807) is 0 Å². The van der Waals surface area contributed by atoms with Gasteiger partial charge in [0.05, 0.1) is 0 Å². The highest BCUT2D eigenvalue weighted by Gasteiger charge is 2.41. The predicted octanol–water partition coefficient (Wildman–Crippen LogP) is 3.26. The average Bonchev–Trinajstić information content (AvgIpc) is 2.98. The summed E-state index contributed by atoms with van der Waals surface area (Å²) in [6.07, 6.45) is 9.70. The molecule has 0 aromatic heterocycles. The minimum absolute atomic E-state index is 0.260. The first-order valence-electron chi connectivity index (χ1n) is 8.06. The summed E-state index contributed by atoms with van der Waals surface area (Å²) in [5.41, 5.74) is 6.37. The third-order valence-electron chi connectivity index (χ3n) is 5.96. The van der Waals surface area contributed by atoms with Gasteiger partial charge in [-0.2, -0.15) is 0 Å². The highest BCUT2D eigenvalue weighted by Crippen LogP contribution is 2.48. The Morgan fingerprint density at radius 2 is 2.00 bits per heavy atom. The first-order chi connectivity index (χ1) is 8.65. The summed E-state index contributed by atoms with van der Waals surface area (Å²) in [7, 11) is 2.32. The molecule has 0 heterocycles. The molecule has 2 aliphatic carbocycles. The van der Waals surface area contributed by atoms with Crippen LogP contribution in [0.1, 0.15) is 58.8 Å². The molecule has 2 aliphatic rings. The van der Waals surface area contributed by atoms with Crippen LogP contribution in [0.4, 0.5) is 0 Å². The molecule has 0 amide bonds. The van der Waals surface area contributed by atoms with Gasteiger partial charge in [0, 0.05) is 18.6 Å². The van der Waals surface area contributed by atoms with Gasteiger partial charge in [-0.05, 0) is 56.9 Å². The van der Waals surface area contributed by atoms with Crippen LogP contribution in [0, 0.1) is 17.8 Å². The quantitative estimate of drug-likeness (QED) is 0.753. The van der Waals surface area contributed by atoms with Crippen molar-refractivity contribution in [3.63, 3.8) is 0 Å². The fourth-order valence-electron chi connectivity index (χ4n) is 4.65. The molecule has 2 bridgehead atoms. The Hall–Kier alpha value is -0.0800. The van der Waals surface area contributed by atoms with E-state index in [0.717, 1.165) is 24.3 Å². The van der Waals surface area contributed by atoms with Crippen molar-refractivity contribution in [2.24, 2.45) is 23.5 Å². The maximum Gasteiger partial charge on any atom is 0.0326 e. The second kappa shape index (κ2) is 5.92. The lowest BCUT2D eigenvalue weighted by Crippen LogP contribution is -2.53. The van der Waals surface area contributed by atoms with Gasteiger partial charge in [-0.1, -0.05) is 26.7 Å². The van der Waals surface area contributed by atoms with Crippen molar-refractivity contribution in [3.8, 4) is 0 Å². The Bertz CT molecular complexity index is 260. The van der Waals surface area contributed by atoms with E-state index >= 15 is 0 Å². The normalized spacial score (nSPS) is 34.2. The van der Waals surface area contributed by atoms with Crippen LogP contribution in [0.3, 0.4) is 0 Å². The van der Waals surface area contributed by atoms with Crippen molar-refractivity contribution in [1.29, 1.82) is 0 Å². The molecule has 2 N–H and O–H groups in total. The zero-order valence-electron chi connectivity index (χ0n) is 12.6. The molecule has 2 rings (SSSR count). The summed E-state index contributed by atoms with van der Waals surface area (Å²) >= 11 is 0. The van der Waals surface area contributed by atoms with Crippen LogP contribution in [0.2, 0.25) is 0 Å². The minimum Gasteiger partial charge on any atom is -0.329 e. The maximum absolute atomic E-state index is 6.11. The van der Waals surface area contributed by atoms with E-state index in [9.17, 15) is 0 Å². The van der Waals surface area contributed by atoms with Crippen LogP contribution >= 0.6 is 0 Å². The zero-order chi connectivity index (χ0) is 13.2. The smallest absolute Gasteiger partial charge is 0.0326 e. The highest BCUT2D eigenvalue weighted by molar-refractivity contribution is 4.95. The van der Waals surface area contributed by atoms with Crippen LogP contribution in [-0.4, -0.2) is 30.6 Å². The van der Waals surface area contributed by atoms with Gasteiger partial charge in [0.2, 0.25) is 0 Å². The van der Waals surface area contributed by atoms with Gasteiger partial charge in [0.1, 0.15) is 0 Å². The average molecular weight is 252 g/mol. The molecule has 0 aliphatic heterocycles. The Balaban J connectivity index is 1.94. The van der Waals surface area contributed by atoms with E-state index in [1.165, 1.54) is 51.5 Å². The molecule has 4 atom stereocenters. The second-order valence-electron chi connectivity index (χ2n) is 6.85. The number of hydrogen-bond donors (Lipinski definition) is 1. The summed E-state index contributed by atoms with van der Waals surface area (Å²) in [6, 6.07) is 0. The third-order valence-corrected chi connectivity index (χ3v) is 5.96. The van der Waals surface area contributed by atoms with Crippen LogP contribution in [0.25, 0.3) is 0 Å². The number of fused-ring (bicyclic) bond motifs is 2. The summed E-state index contributed by atoms with van der Waals surface area (Å²) in [6.45, 7) is 6.69. The van der Waals surface area contributed by atoms with Crippen molar-refractivity contribution in [2.75, 3.05) is 20.1 Å². The Labute approximate surface area is 113 Å². The molecule has 0 spiro atoms. The van der Waals surface area contributed by atoms with E-state index in [0.29, 0.717) is 0 Å². The van der Waals surface area contributed by atoms with Crippen LogP contribution in [0.5, 0.6) is 0 Å². The van der Waals surface area contributed by atoms with Gasteiger partial charge in [-0.25, -0.2) is 0 Å². The molecular formula is C16H32N2. The lowest BCUT2D eigenvalue weighted by Gasteiger charge is -2.43. The molecule has 0 saturated heterocycles. The summed E-state index contributed by atoms with van der Waals surface area (Å²) in [4.78, 5) is 2.61. The molecule has 0 aromatic carbocycles. The highest BCUT2D eigenvalue weighted by atomic mass is 15.2. The van der Waals surface area contributed by atoms with Crippen molar-refractivity contribution in [1.82, 2.24) is 4.90 Å². The zero-order valence-corrected chi connectivity index (χ0v) is 12.6. The minimum atomic E-state index is 0.260. The van der Waals surface area contributed by atoms with E-state index in [-0.39, 0.29) is 5.54 Å². The number of rotatable bonds is 7. The Kier molecular flexibility index (Phi) is 4.71. The lowest BCUT2D eigenvalue weighted by molar-refractivity contribution is 0.0784. The number of nitrogens with zero attached hydrogens (tertiary/aromatic N) is 1. The predicted molar refractivity (Wildman–Crippen MR) is 78.6 cm³/mol. The largest absolute Gasteiger partial charge is 0.329 e. The van der Waals surface area contributed by atoms with Crippen molar-refractivity contribution in [3.05, 3.63) is 0 Å². The van der Waals surface area contributed by atoms with Gasteiger partial charge in [-0.3, -0.25) is 4.90 Å². The molecule has 4 unspecified atom stereocenters. The lowest BCUT2D eigenvalue weighted by atomic mass is 9.84. The number of hydrogen-bond acceptors (Lipinski definition) is 2. The van der Waals surface area contributed by atoms with Crippen molar-refractivity contribution in [2.45, 2.75) is 64.3 Å². The van der Waals surface area contributed by atoms with Crippen LogP contribution in [-0.2, 0) is 0 Å². The Morgan fingerprint density at radius 3 is 2.44 bits per heavy atom. The summed E-state index contributed by atoms with van der Waals surface area (Å²) < 4.78 is 0. The fraction of sp³-hybridized carbons (Fsp3) is 1.00. The monoisotopic (exact) mass is 252 g/mol. The van der Waals surface area contributed by atoms with Gasteiger partial charge < -0.3 is 5.73 Å². The van der Waals surface area contributed by atoms with Gasteiger partial charge in [0.15, 0.2) is 0 Å². The second-order valence-corrected chi connectivity index (χ2v) is 6.85. The molecule has 2 saturated carbocycles. The molecule has 2 fully saturated rings. The maximum atomic E-state index is 6.11. The first-order valence-corrected chi connectivity index (χ1v) is 8.06. The molecule has 0 radical (unpaired) electrons. The van der Waals surface area contributed by atoms with E-state index in [4.69, 9.17) is 5.73 Å². The molecule has 2 heteroatoms. The molecule has 106 valence electrons. The van der Waals surface area contributed by atoms with Gasteiger partial charge in [0.25, 0.3) is 0 Å². The van der Waals surface area contributed by atoms with Crippen LogP contribution < -0.4 is 5.73 Å². The van der Waals surface area contributed by atoms with E-state index < -0.39 is 0 Å². The third kappa shape index (κ3) is 2.60. The van der Waals surface area contributed by atoms with E-state index in [1.807, 2.05) is 0 Å². The van der Waals surface area contributed by atoms with Gasteiger partial charge in [-0.15, -0.1) is 0 Å². The molecular weight excluding hydrogens is 220 g/mol. The molecule has 18 heavy (non-hydrogen) atoms. The fourth-order valence-corrected chi connectivity index (χ4v) is 4.65. The van der Waals surface area contributed by atoms with Gasteiger partial charge >= 0.3 is 0 Å². The molecule has 0 aromatic rings. The van der Waals surface area contributed by atoms with Crippen molar-refractivity contribution >= 4 is 0 Å². The summed E-state index contributed by atoms with van der Waals surface area (Å²) in [5.74, 6) is 3.06.